The van der Waals surface area contributed by atoms with Gasteiger partial charge in [-0.15, -0.1) is 0 Å². The lowest BCUT2D eigenvalue weighted by Gasteiger charge is -2.34. The van der Waals surface area contributed by atoms with E-state index in [1.807, 2.05) is 0 Å². The van der Waals surface area contributed by atoms with Crippen molar-refractivity contribution in [3.05, 3.63) is 0 Å². The highest BCUT2D eigenvalue weighted by molar-refractivity contribution is 5.80. The van der Waals surface area contributed by atoms with Crippen LogP contribution < -0.4 is 61.3 Å². The number of rotatable bonds is 58. The van der Waals surface area contributed by atoms with Crippen LogP contribution in [0, 0.1) is 112 Å². The van der Waals surface area contributed by atoms with Gasteiger partial charge in [0.2, 0.25) is 0 Å². The average Bonchev–Trinajstić information content (AvgIpc) is 0.847. The van der Waals surface area contributed by atoms with Crippen LogP contribution in [0.15, 0.2) is 0 Å². The molecule has 0 aliphatic heterocycles. The predicted molar refractivity (Wildman–Crippen MR) is 309 cm³/mol. The van der Waals surface area contributed by atoms with Gasteiger partial charge in [0.25, 0.3) is 0 Å². The fourth-order valence-corrected chi connectivity index (χ4v) is 11.7. The van der Waals surface area contributed by atoms with Crippen molar-refractivity contribution in [1.29, 1.82) is 0 Å². The molecule has 0 aromatic rings. The topological polar surface area (TPSA) is 672 Å². The van der Waals surface area contributed by atoms with E-state index in [0.717, 1.165) is 41.5 Å². The number of carbonyl (C=O) groups excluding carboxylic acids is 15. The monoisotopic (exact) mass is 1450 g/mol. The summed E-state index contributed by atoms with van der Waals surface area (Å²) in [4.78, 5) is 226. The van der Waals surface area contributed by atoms with Gasteiger partial charge in [0.05, 0.1) is 35.0 Å². The Hall–Kier alpha value is -9.54. The summed E-state index contributed by atoms with van der Waals surface area (Å²) in [5.41, 5.74) is -2.23. The lowest BCUT2D eigenvalue weighted by atomic mass is 9.79. The van der Waals surface area contributed by atoms with Gasteiger partial charge in [-0.3, -0.25) is 28.8 Å². The van der Waals surface area contributed by atoms with Gasteiger partial charge in [0, 0.05) is 78.1 Å². The number of carboxylic acids is 15. The zero-order valence-corrected chi connectivity index (χ0v) is 57.3. The quantitative estimate of drug-likeness (QED) is 0.0376. The lowest BCUT2D eigenvalue weighted by Crippen LogP contribution is -2.43. The third kappa shape index (κ3) is 34.2. The average molecular weight is 1460 g/mol. The summed E-state index contributed by atoms with van der Waals surface area (Å²) in [6.07, 6.45) is -15.9. The minimum Gasteiger partial charge on any atom is -0.550 e. The van der Waals surface area contributed by atoms with Crippen LogP contribution in [0.5, 0.6) is 0 Å². The fourth-order valence-electron chi connectivity index (χ4n) is 11.7. The highest BCUT2D eigenvalue weighted by atomic mass is 16.6. The summed E-state index contributed by atoms with van der Waals surface area (Å²) in [7, 11) is 0. The minimum atomic E-state index is -2.23. The van der Waals surface area contributed by atoms with Gasteiger partial charge < -0.3 is 148 Å². The van der Waals surface area contributed by atoms with Crippen LogP contribution in [-0.2, 0) is 101 Å². The molecule has 36 nitrogen and oxygen atoms in total. The third-order valence-electron chi connectivity index (χ3n) is 18.6. The van der Waals surface area contributed by atoms with E-state index in [0.29, 0.717) is 0 Å². The van der Waals surface area contributed by atoms with E-state index in [1.54, 1.807) is 0 Å². The normalized spacial score (nSPS) is 17.3. The molecule has 0 saturated carbocycles. The molecule has 0 radical (unpaired) electrons. The molecule has 0 aromatic carbocycles. The van der Waals surface area contributed by atoms with Gasteiger partial charge in [0.1, 0.15) is 19.8 Å². The molecule has 0 amide bonds. The molecule has 0 bridgehead atoms. The summed E-state index contributed by atoms with van der Waals surface area (Å²) in [6.45, 7) is 3.82. The van der Waals surface area contributed by atoms with Crippen LogP contribution in [0.2, 0.25) is 0 Å². The van der Waals surface area contributed by atoms with Gasteiger partial charge in [0.15, 0.2) is 0 Å². The predicted octanol–water partition coefficient (Wildman–Crippen LogP) is -10.5. The van der Waals surface area contributed by atoms with Crippen LogP contribution in [0.25, 0.3) is 0 Å². The summed E-state index contributed by atoms with van der Waals surface area (Å²) < 4.78 is 17.0. The number of hydrogen-bond donors (Lipinski definition) is 3. The van der Waals surface area contributed by atoms with E-state index in [2.05, 4.69) is 0 Å². The van der Waals surface area contributed by atoms with Crippen molar-refractivity contribution in [3.8, 4) is 0 Å². The maximum Gasteiger partial charge on any atom is 0.308 e. The standard InChI is InChI=1S/C66H98O36/c1-8-66(27-100-48(67)21-36(19-41(57(84)85)14-31(3)50(70)71)20-42(58(86)87)15-32(4)51(72)73,28-101-64(98)39(11-9-37(55(80)81)13-30(2)49(68)69)23-46(62(94)95)25-44(60(90)91)17-34(6)53(76)77)29-102-65(99)40(24-47(63(96)97)26-45(61(92)93)18-35(7)54(78)79)12-10-38(56(82)83)22-43(59(88)89)16-33(5)52(74)75/h30-47H,8-29H2,1-7H3,(H,68,69)(H,70,71)(H,72,73)(H,74,75)(H,76,77)(H,78,79)(H,80,81)(H,82,83)(H,84,85)(H,86,87)(H,88,89)(H,90,91)(H,92,93)(H,94,95)(H,96,97)/p-12. The Morgan fingerprint density at radius 3 is 0.794 bits per heavy atom. The molecule has 19 unspecified atom stereocenters. The van der Waals surface area contributed by atoms with Crippen molar-refractivity contribution in [2.45, 2.75) is 170 Å². The van der Waals surface area contributed by atoms with Crippen molar-refractivity contribution >= 4 is 107 Å². The van der Waals surface area contributed by atoms with E-state index >= 15 is 0 Å². The molecular formula is C66H86O36-12. The molecule has 0 heterocycles. The number of aliphatic carboxylic acids is 15. The lowest BCUT2D eigenvalue weighted by molar-refractivity contribution is -0.321. The van der Waals surface area contributed by atoms with E-state index in [-0.39, 0.29) is 0 Å². The first-order valence-electron chi connectivity index (χ1n) is 32.8. The van der Waals surface area contributed by atoms with Crippen molar-refractivity contribution in [1.82, 2.24) is 0 Å². The molecule has 0 fully saturated rings. The van der Waals surface area contributed by atoms with Crippen LogP contribution >= 0.6 is 0 Å². The van der Waals surface area contributed by atoms with Crippen molar-refractivity contribution < 1.29 is 177 Å². The van der Waals surface area contributed by atoms with Gasteiger partial charge >= 0.3 is 35.8 Å². The second kappa shape index (κ2) is 44.7. The van der Waals surface area contributed by atoms with Crippen molar-refractivity contribution in [3.63, 3.8) is 0 Å². The first-order chi connectivity index (χ1) is 47.1. The van der Waals surface area contributed by atoms with Crippen LogP contribution in [0.1, 0.15) is 170 Å². The molecule has 0 aliphatic carbocycles. The van der Waals surface area contributed by atoms with E-state index < -0.39 is 361 Å². The van der Waals surface area contributed by atoms with Gasteiger partial charge in [-0.2, -0.15) is 0 Å². The SMILES string of the molecule is CCC(COC(=O)CC(CC(CC(C)C(=O)[O-])C(=O)[O-])CC(CC(C)C(=O)O)C(=O)[O-])(COC(=O)C(CCC(CC(CC(C)C(=O)[O-])C(=O)O)C(=O)[O-])CC(CC(CC(C)C(=O)[O-])C(=O)[O-])C(=O)[O-])COC(=O)C(CCC(CC(C)C(=O)[O-])C(=O)O)CC(CC(CC(C)C(=O)[O-])C(=O)[O-])C(=O)[O-]. The molecule has 0 spiro atoms. The minimum absolute atomic E-state index is 0.555. The second-order valence-corrected chi connectivity index (χ2v) is 26.9. The Morgan fingerprint density at radius 1 is 0.275 bits per heavy atom. The molecule has 0 rings (SSSR count). The van der Waals surface area contributed by atoms with Crippen LogP contribution in [-0.4, -0.2) is 143 Å². The summed E-state index contributed by atoms with van der Waals surface area (Å²) in [5.74, 6) is -63.6. The molecule has 19 atom stereocenters. The van der Waals surface area contributed by atoms with E-state index in [1.165, 1.54) is 6.92 Å². The molecular weight excluding hydrogens is 1370 g/mol. The molecule has 102 heavy (non-hydrogen) atoms. The maximum absolute atomic E-state index is 14.7. The Morgan fingerprint density at radius 2 is 0.510 bits per heavy atom. The maximum atomic E-state index is 14.7. The Labute approximate surface area is 585 Å². The van der Waals surface area contributed by atoms with Gasteiger partial charge in [-0.05, 0) is 193 Å². The number of esters is 3. The van der Waals surface area contributed by atoms with Crippen LogP contribution in [0.3, 0.4) is 0 Å². The summed E-state index contributed by atoms with van der Waals surface area (Å²) >= 11 is 0. The second-order valence-electron chi connectivity index (χ2n) is 26.9. The van der Waals surface area contributed by atoms with Gasteiger partial charge in [-0.25, -0.2) is 0 Å². The third-order valence-corrected chi connectivity index (χ3v) is 18.6. The zero-order valence-electron chi connectivity index (χ0n) is 57.3. The van der Waals surface area contributed by atoms with Crippen molar-refractivity contribution in [2.75, 3.05) is 19.8 Å². The highest BCUT2D eigenvalue weighted by Crippen LogP contribution is 2.36. The molecule has 0 aromatic heterocycles. The first-order valence-corrected chi connectivity index (χ1v) is 32.8. The molecule has 3 N–H and O–H groups in total. The highest BCUT2D eigenvalue weighted by Gasteiger charge is 2.40. The van der Waals surface area contributed by atoms with Crippen LogP contribution in [0.4, 0.5) is 0 Å². The van der Waals surface area contributed by atoms with E-state index in [9.17, 15) is 163 Å². The number of hydrogen-bond acceptors (Lipinski definition) is 33. The van der Waals surface area contributed by atoms with Gasteiger partial charge in [-0.1, -0.05) is 48.5 Å². The largest absolute Gasteiger partial charge is 0.550 e. The number of ether oxygens (including phenoxy) is 3. The zero-order chi connectivity index (χ0) is 79.0. The Bertz CT molecular complexity index is 2910. The molecule has 36 heteroatoms. The molecule has 0 aliphatic rings. The number of carbonyl (C=O) groups is 18. The summed E-state index contributed by atoms with van der Waals surface area (Å²) in [5, 5.41) is 176. The smallest absolute Gasteiger partial charge is 0.308 e. The van der Waals surface area contributed by atoms with Crippen molar-refractivity contribution in [2.24, 2.45) is 112 Å². The fraction of sp³-hybridized carbons (Fsp3) is 0.727. The Kier molecular flexibility index (Phi) is 40.5. The summed E-state index contributed by atoms with van der Waals surface area (Å²) in [6, 6.07) is 0. The molecule has 0 saturated heterocycles. The molecule has 578 valence electrons. The Balaban J connectivity index is 8.61. The number of carboxylic acid groups (broad SMARTS) is 15. The first kappa shape index (κ1) is 92.5. The van der Waals surface area contributed by atoms with E-state index in [4.69, 9.17) is 14.2 Å².